The van der Waals surface area contributed by atoms with Crippen molar-refractivity contribution in [1.29, 1.82) is 0 Å². The number of halogens is 1. The SMILES string of the molecule is Cc1cc(Oc2ccc(C(=O)O)cn2)ccc1Br. The van der Waals surface area contributed by atoms with Gasteiger partial charge in [-0.05, 0) is 36.8 Å². The van der Waals surface area contributed by atoms with E-state index >= 15 is 0 Å². The summed E-state index contributed by atoms with van der Waals surface area (Å²) >= 11 is 3.40. The molecule has 0 bridgehead atoms. The molecule has 1 aromatic heterocycles. The van der Waals surface area contributed by atoms with Crippen LogP contribution in [0.15, 0.2) is 41.0 Å². The number of aromatic nitrogens is 1. The van der Waals surface area contributed by atoms with Crippen LogP contribution in [-0.4, -0.2) is 16.1 Å². The van der Waals surface area contributed by atoms with E-state index in [1.54, 1.807) is 0 Å². The number of benzene rings is 1. The molecule has 0 saturated heterocycles. The van der Waals surface area contributed by atoms with E-state index in [1.165, 1.54) is 18.3 Å². The molecule has 0 radical (unpaired) electrons. The van der Waals surface area contributed by atoms with Crippen molar-refractivity contribution in [2.45, 2.75) is 6.92 Å². The Morgan fingerprint density at radius 3 is 2.67 bits per heavy atom. The van der Waals surface area contributed by atoms with Crippen LogP contribution in [0, 0.1) is 6.92 Å². The predicted molar refractivity (Wildman–Crippen MR) is 70.1 cm³/mol. The molecule has 0 saturated carbocycles. The summed E-state index contributed by atoms with van der Waals surface area (Å²) in [5.41, 5.74) is 1.18. The van der Waals surface area contributed by atoms with E-state index < -0.39 is 5.97 Å². The molecule has 0 atom stereocenters. The summed E-state index contributed by atoms with van der Waals surface area (Å²) in [5.74, 6) is 0.0153. The highest BCUT2D eigenvalue weighted by Crippen LogP contribution is 2.25. The summed E-state index contributed by atoms with van der Waals surface area (Å²) in [4.78, 5) is 14.6. The van der Waals surface area contributed by atoms with Crippen molar-refractivity contribution < 1.29 is 14.6 Å². The van der Waals surface area contributed by atoms with Gasteiger partial charge in [-0.3, -0.25) is 0 Å². The molecule has 1 heterocycles. The van der Waals surface area contributed by atoms with Crippen molar-refractivity contribution in [3.63, 3.8) is 0 Å². The Balaban J connectivity index is 2.18. The lowest BCUT2D eigenvalue weighted by atomic mass is 10.2. The Hall–Kier alpha value is -1.88. The summed E-state index contributed by atoms with van der Waals surface area (Å²) in [7, 11) is 0. The van der Waals surface area contributed by atoms with Gasteiger partial charge < -0.3 is 9.84 Å². The average Bonchev–Trinajstić information content (AvgIpc) is 2.34. The minimum absolute atomic E-state index is 0.134. The molecule has 0 amide bonds. The van der Waals surface area contributed by atoms with E-state index in [-0.39, 0.29) is 5.56 Å². The quantitative estimate of drug-likeness (QED) is 0.940. The van der Waals surface area contributed by atoms with Gasteiger partial charge in [0.2, 0.25) is 5.88 Å². The smallest absolute Gasteiger partial charge is 0.337 e. The molecule has 0 fully saturated rings. The molecule has 0 aliphatic heterocycles. The van der Waals surface area contributed by atoms with Crippen LogP contribution in [0.5, 0.6) is 11.6 Å². The van der Waals surface area contributed by atoms with Crippen LogP contribution in [0.4, 0.5) is 0 Å². The van der Waals surface area contributed by atoms with Crippen molar-refractivity contribution >= 4 is 21.9 Å². The standard InChI is InChI=1S/C13H10BrNO3/c1-8-6-10(3-4-11(8)14)18-12-5-2-9(7-15-12)13(16)17/h2-7H,1H3,(H,16,17). The number of hydrogen-bond donors (Lipinski definition) is 1. The van der Waals surface area contributed by atoms with Crippen LogP contribution >= 0.6 is 15.9 Å². The Morgan fingerprint density at radius 2 is 2.11 bits per heavy atom. The fraction of sp³-hybridized carbons (Fsp3) is 0.0769. The van der Waals surface area contributed by atoms with Gasteiger partial charge in [0.15, 0.2) is 0 Å². The maximum atomic E-state index is 10.7. The van der Waals surface area contributed by atoms with Gasteiger partial charge in [0, 0.05) is 16.7 Å². The van der Waals surface area contributed by atoms with Crippen LogP contribution in [0.3, 0.4) is 0 Å². The van der Waals surface area contributed by atoms with Gasteiger partial charge in [0.25, 0.3) is 0 Å². The van der Waals surface area contributed by atoms with Crippen LogP contribution in [0.1, 0.15) is 15.9 Å². The highest BCUT2D eigenvalue weighted by molar-refractivity contribution is 9.10. The number of aromatic carboxylic acids is 1. The van der Waals surface area contributed by atoms with E-state index in [0.717, 1.165) is 10.0 Å². The molecule has 92 valence electrons. The number of nitrogens with zero attached hydrogens (tertiary/aromatic N) is 1. The van der Waals surface area contributed by atoms with Crippen molar-refractivity contribution in [3.8, 4) is 11.6 Å². The molecule has 2 aromatic rings. The van der Waals surface area contributed by atoms with Gasteiger partial charge in [-0.1, -0.05) is 15.9 Å². The van der Waals surface area contributed by atoms with Crippen molar-refractivity contribution in [1.82, 2.24) is 4.98 Å². The van der Waals surface area contributed by atoms with E-state index in [1.807, 2.05) is 25.1 Å². The second kappa shape index (κ2) is 5.18. The normalized spacial score (nSPS) is 10.1. The van der Waals surface area contributed by atoms with Crippen molar-refractivity contribution in [3.05, 3.63) is 52.1 Å². The molecule has 18 heavy (non-hydrogen) atoms. The summed E-state index contributed by atoms with van der Waals surface area (Å²) in [6.07, 6.45) is 1.27. The highest BCUT2D eigenvalue weighted by Gasteiger charge is 2.05. The van der Waals surface area contributed by atoms with Crippen LogP contribution in [0.2, 0.25) is 0 Å². The van der Waals surface area contributed by atoms with Gasteiger partial charge in [-0.15, -0.1) is 0 Å². The lowest BCUT2D eigenvalue weighted by Gasteiger charge is -2.06. The van der Waals surface area contributed by atoms with Crippen LogP contribution in [-0.2, 0) is 0 Å². The fourth-order valence-corrected chi connectivity index (χ4v) is 1.62. The number of carboxylic acid groups (broad SMARTS) is 1. The molecule has 0 aliphatic carbocycles. The van der Waals surface area contributed by atoms with Crippen LogP contribution in [0.25, 0.3) is 0 Å². The summed E-state index contributed by atoms with van der Waals surface area (Å²) in [6, 6.07) is 8.55. The summed E-state index contributed by atoms with van der Waals surface area (Å²) in [5, 5.41) is 8.75. The number of carboxylic acids is 1. The summed E-state index contributed by atoms with van der Waals surface area (Å²) in [6.45, 7) is 1.96. The zero-order valence-electron chi connectivity index (χ0n) is 9.55. The van der Waals surface area contributed by atoms with Gasteiger partial charge >= 0.3 is 5.97 Å². The maximum absolute atomic E-state index is 10.7. The predicted octanol–water partition coefficient (Wildman–Crippen LogP) is 3.64. The van der Waals surface area contributed by atoms with Crippen LogP contribution < -0.4 is 4.74 Å². The number of ether oxygens (including phenoxy) is 1. The largest absolute Gasteiger partial charge is 0.478 e. The second-order valence-corrected chi connectivity index (χ2v) is 4.56. The number of aryl methyl sites for hydroxylation is 1. The molecular formula is C13H10BrNO3. The Bertz CT molecular complexity index is 581. The van der Waals surface area contributed by atoms with E-state index in [0.29, 0.717) is 11.6 Å². The molecular weight excluding hydrogens is 298 g/mol. The third-order valence-corrected chi connectivity index (χ3v) is 3.22. The van der Waals surface area contributed by atoms with Crippen molar-refractivity contribution in [2.75, 3.05) is 0 Å². The monoisotopic (exact) mass is 307 g/mol. The topological polar surface area (TPSA) is 59.4 Å². The molecule has 0 spiro atoms. The molecule has 0 aliphatic rings. The van der Waals surface area contributed by atoms with E-state index in [2.05, 4.69) is 20.9 Å². The Labute approximate surface area is 112 Å². The Morgan fingerprint density at radius 1 is 1.33 bits per heavy atom. The molecule has 1 N–H and O–H groups in total. The fourth-order valence-electron chi connectivity index (χ4n) is 1.37. The highest BCUT2D eigenvalue weighted by atomic mass is 79.9. The molecule has 2 rings (SSSR count). The zero-order valence-corrected chi connectivity index (χ0v) is 11.1. The second-order valence-electron chi connectivity index (χ2n) is 3.70. The van der Waals surface area contributed by atoms with Gasteiger partial charge in [-0.2, -0.15) is 0 Å². The maximum Gasteiger partial charge on any atom is 0.337 e. The first-order valence-electron chi connectivity index (χ1n) is 5.19. The molecule has 0 unspecified atom stereocenters. The first-order chi connectivity index (χ1) is 8.56. The number of rotatable bonds is 3. The average molecular weight is 308 g/mol. The lowest BCUT2D eigenvalue weighted by Crippen LogP contribution is -1.97. The lowest BCUT2D eigenvalue weighted by molar-refractivity contribution is 0.0696. The first-order valence-corrected chi connectivity index (χ1v) is 5.99. The zero-order chi connectivity index (χ0) is 13.1. The number of carbonyl (C=O) groups is 1. The first kappa shape index (κ1) is 12.6. The Kier molecular flexibility index (Phi) is 3.62. The van der Waals surface area contributed by atoms with E-state index in [4.69, 9.17) is 9.84 Å². The number of pyridine rings is 1. The molecule has 5 heteroatoms. The molecule has 1 aromatic carbocycles. The summed E-state index contributed by atoms with van der Waals surface area (Å²) < 4.78 is 6.53. The molecule has 4 nitrogen and oxygen atoms in total. The van der Waals surface area contributed by atoms with Gasteiger partial charge in [0.05, 0.1) is 5.56 Å². The third kappa shape index (κ3) is 2.87. The third-order valence-electron chi connectivity index (χ3n) is 2.34. The van der Waals surface area contributed by atoms with Gasteiger partial charge in [-0.25, -0.2) is 9.78 Å². The minimum Gasteiger partial charge on any atom is -0.478 e. The number of hydrogen-bond acceptors (Lipinski definition) is 3. The minimum atomic E-state index is -1.01. The van der Waals surface area contributed by atoms with Gasteiger partial charge in [0.1, 0.15) is 5.75 Å². The van der Waals surface area contributed by atoms with E-state index in [9.17, 15) is 4.79 Å². The van der Waals surface area contributed by atoms with Crippen molar-refractivity contribution in [2.24, 2.45) is 0 Å².